The number of nitrogens with one attached hydrogen (secondary N) is 1. The van der Waals surface area contributed by atoms with Gasteiger partial charge in [-0.05, 0) is 54.2 Å². The Labute approximate surface area is 167 Å². The van der Waals surface area contributed by atoms with E-state index in [9.17, 15) is 13.2 Å². The van der Waals surface area contributed by atoms with Crippen molar-refractivity contribution in [3.8, 4) is 11.1 Å². The third-order valence-electron chi connectivity index (χ3n) is 4.84. The van der Waals surface area contributed by atoms with Gasteiger partial charge in [0.25, 0.3) is 0 Å². The van der Waals surface area contributed by atoms with Gasteiger partial charge in [0.15, 0.2) is 0 Å². The van der Waals surface area contributed by atoms with Crippen molar-refractivity contribution in [3.63, 3.8) is 0 Å². The normalized spacial score (nSPS) is 15.8. The number of halogens is 4. The maximum absolute atomic E-state index is 13.3. The standard InChI is InChI=1S/C21H19F3N2O.ClH/c22-21(23,24)17-4-2-1-3-16(17)15-6-7-18-19(13-15)26-20(25-18)8-5-14-9-11-27-12-10-14;/h1-8,13-14H,9-12H2,(H,25,26);1H/b8-5+;. The first kappa shape index (κ1) is 20.4. The van der Waals surface area contributed by atoms with Crippen LogP contribution < -0.4 is 0 Å². The quantitative estimate of drug-likeness (QED) is 0.567. The lowest BCUT2D eigenvalue weighted by molar-refractivity contribution is -0.137. The van der Waals surface area contributed by atoms with Crippen molar-refractivity contribution < 1.29 is 17.9 Å². The van der Waals surface area contributed by atoms with Gasteiger partial charge < -0.3 is 9.72 Å². The predicted octanol–water partition coefficient (Wildman–Crippen LogP) is 6.11. The summed E-state index contributed by atoms with van der Waals surface area (Å²) >= 11 is 0. The molecule has 1 aliphatic heterocycles. The van der Waals surface area contributed by atoms with Crippen LogP contribution in [0.15, 0.2) is 48.5 Å². The smallest absolute Gasteiger partial charge is 0.381 e. The van der Waals surface area contributed by atoms with Crippen molar-refractivity contribution in [1.82, 2.24) is 9.97 Å². The van der Waals surface area contributed by atoms with Crippen LogP contribution in [0.25, 0.3) is 28.2 Å². The van der Waals surface area contributed by atoms with Crippen LogP contribution in [-0.2, 0) is 10.9 Å². The second-order valence-electron chi connectivity index (χ2n) is 6.71. The monoisotopic (exact) mass is 408 g/mol. The molecule has 4 rings (SSSR count). The van der Waals surface area contributed by atoms with Crippen LogP contribution in [0.5, 0.6) is 0 Å². The van der Waals surface area contributed by atoms with E-state index in [0.29, 0.717) is 22.8 Å². The molecular formula is C21H20ClF3N2O. The van der Waals surface area contributed by atoms with Crippen LogP contribution in [0, 0.1) is 5.92 Å². The summed E-state index contributed by atoms with van der Waals surface area (Å²) in [7, 11) is 0. The first-order valence-electron chi connectivity index (χ1n) is 8.93. The first-order chi connectivity index (χ1) is 13.0. The molecule has 1 aromatic heterocycles. The van der Waals surface area contributed by atoms with E-state index in [0.717, 1.165) is 37.6 Å². The minimum atomic E-state index is -4.39. The fraction of sp³-hybridized carbons (Fsp3) is 0.286. The lowest BCUT2D eigenvalue weighted by atomic mass is 9.99. The molecule has 148 valence electrons. The lowest BCUT2D eigenvalue weighted by Crippen LogP contribution is -2.13. The molecule has 3 nitrogen and oxygen atoms in total. The summed E-state index contributed by atoms with van der Waals surface area (Å²) < 4.78 is 45.2. The van der Waals surface area contributed by atoms with E-state index in [2.05, 4.69) is 16.0 Å². The van der Waals surface area contributed by atoms with Gasteiger partial charge in [-0.2, -0.15) is 13.2 Å². The summed E-state index contributed by atoms with van der Waals surface area (Å²) in [6.45, 7) is 1.55. The van der Waals surface area contributed by atoms with Crippen molar-refractivity contribution in [1.29, 1.82) is 0 Å². The highest BCUT2D eigenvalue weighted by Crippen LogP contribution is 2.37. The number of benzene rings is 2. The molecule has 1 fully saturated rings. The molecule has 0 amide bonds. The summed E-state index contributed by atoms with van der Waals surface area (Å²) in [6.07, 6.45) is 1.67. The van der Waals surface area contributed by atoms with E-state index in [1.54, 1.807) is 24.3 Å². The fourth-order valence-electron chi connectivity index (χ4n) is 3.39. The average Bonchev–Trinajstić information content (AvgIpc) is 3.08. The molecule has 2 aromatic carbocycles. The third-order valence-corrected chi connectivity index (χ3v) is 4.84. The highest BCUT2D eigenvalue weighted by Gasteiger charge is 2.33. The predicted molar refractivity (Wildman–Crippen MR) is 106 cm³/mol. The van der Waals surface area contributed by atoms with Crippen molar-refractivity contribution >= 4 is 29.5 Å². The van der Waals surface area contributed by atoms with Crippen molar-refractivity contribution in [3.05, 3.63) is 59.9 Å². The zero-order valence-corrected chi connectivity index (χ0v) is 15.8. The molecule has 0 atom stereocenters. The molecule has 1 aliphatic rings. The Kier molecular flexibility index (Phi) is 6.10. The molecule has 0 radical (unpaired) electrons. The Hall–Kier alpha value is -2.31. The maximum Gasteiger partial charge on any atom is 0.417 e. The number of H-pyrrole nitrogens is 1. The Bertz CT molecular complexity index is 975. The molecule has 0 spiro atoms. The first-order valence-corrected chi connectivity index (χ1v) is 8.93. The van der Waals surface area contributed by atoms with Crippen LogP contribution in [0.1, 0.15) is 24.2 Å². The SMILES string of the molecule is Cl.FC(F)(F)c1ccccc1-c1ccc2[nH]c(/C=C/C3CCOCC3)nc2c1. The van der Waals surface area contributed by atoms with Gasteiger partial charge >= 0.3 is 6.18 Å². The summed E-state index contributed by atoms with van der Waals surface area (Å²) in [5.74, 6) is 1.18. The molecular weight excluding hydrogens is 389 g/mol. The molecule has 0 unspecified atom stereocenters. The highest BCUT2D eigenvalue weighted by molar-refractivity contribution is 5.85. The number of aromatic nitrogens is 2. The maximum atomic E-state index is 13.3. The van der Waals surface area contributed by atoms with E-state index < -0.39 is 11.7 Å². The van der Waals surface area contributed by atoms with E-state index in [1.165, 1.54) is 12.1 Å². The molecule has 0 saturated carbocycles. The number of nitrogens with zero attached hydrogens (tertiary/aromatic N) is 1. The number of alkyl halides is 3. The Morgan fingerprint density at radius 3 is 2.57 bits per heavy atom. The van der Waals surface area contributed by atoms with Gasteiger partial charge in [0.2, 0.25) is 0 Å². The van der Waals surface area contributed by atoms with E-state index in [4.69, 9.17) is 4.74 Å². The molecule has 1 saturated heterocycles. The van der Waals surface area contributed by atoms with Gasteiger partial charge in [-0.1, -0.05) is 30.3 Å². The molecule has 0 bridgehead atoms. The van der Waals surface area contributed by atoms with E-state index in [1.807, 2.05) is 6.08 Å². The second kappa shape index (κ2) is 8.37. The largest absolute Gasteiger partial charge is 0.417 e. The average molecular weight is 409 g/mol. The van der Waals surface area contributed by atoms with Crippen LogP contribution in [0.3, 0.4) is 0 Å². The van der Waals surface area contributed by atoms with Gasteiger partial charge in [0.05, 0.1) is 16.6 Å². The number of rotatable bonds is 3. The van der Waals surface area contributed by atoms with Crippen molar-refractivity contribution in [2.45, 2.75) is 19.0 Å². The van der Waals surface area contributed by atoms with Crippen LogP contribution in [0.2, 0.25) is 0 Å². The number of hydrogen-bond donors (Lipinski definition) is 1. The van der Waals surface area contributed by atoms with Gasteiger partial charge in [-0.15, -0.1) is 12.4 Å². The highest BCUT2D eigenvalue weighted by atomic mass is 35.5. The Balaban J connectivity index is 0.00000225. The Morgan fingerprint density at radius 1 is 1.07 bits per heavy atom. The van der Waals surface area contributed by atoms with Crippen molar-refractivity contribution in [2.75, 3.05) is 13.2 Å². The summed E-state index contributed by atoms with van der Waals surface area (Å²) in [5.41, 5.74) is 1.47. The lowest BCUT2D eigenvalue weighted by Gasteiger charge is -2.18. The number of hydrogen-bond acceptors (Lipinski definition) is 2. The van der Waals surface area contributed by atoms with Crippen LogP contribution in [-0.4, -0.2) is 23.2 Å². The van der Waals surface area contributed by atoms with Gasteiger partial charge in [0.1, 0.15) is 5.82 Å². The molecule has 2 heterocycles. The number of ether oxygens (including phenoxy) is 1. The number of aromatic amines is 1. The van der Waals surface area contributed by atoms with Gasteiger partial charge in [0, 0.05) is 13.2 Å². The Morgan fingerprint density at radius 2 is 1.82 bits per heavy atom. The van der Waals surface area contributed by atoms with Crippen LogP contribution >= 0.6 is 12.4 Å². The van der Waals surface area contributed by atoms with Crippen LogP contribution in [0.4, 0.5) is 13.2 Å². The molecule has 7 heteroatoms. The van der Waals surface area contributed by atoms with E-state index in [-0.39, 0.29) is 18.0 Å². The number of allylic oxidation sites excluding steroid dienone is 1. The van der Waals surface area contributed by atoms with E-state index >= 15 is 0 Å². The van der Waals surface area contributed by atoms with Gasteiger partial charge in [-0.3, -0.25) is 0 Å². The molecule has 1 N–H and O–H groups in total. The molecule has 0 aliphatic carbocycles. The summed E-state index contributed by atoms with van der Waals surface area (Å²) in [6, 6.07) is 10.8. The zero-order valence-electron chi connectivity index (χ0n) is 15.0. The topological polar surface area (TPSA) is 37.9 Å². The fourth-order valence-corrected chi connectivity index (χ4v) is 3.39. The molecule has 28 heavy (non-hydrogen) atoms. The third kappa shape index (κ3) is 4.39. The molecule has 3 aromatic rings. The minimum absolute atomic E-state index is 0. The minimum Gasteiger partial charge on any atom is -0.381 e. The summed E-state index contributed by atoms with van der Waals surface area (Å²) in [4.78, 5) is 7.73. The number of fused-ring (bicyclic) bond motifs is 1. The van der Waals surface area contributed by atoms with Gasteiger partial charge in [-0.25, -0.2) is 4.98 Å². The second-order valence-corrected chi connectivity index (χ2v) is 6.71. The zero-order chi connectivity index (χ0) is 18.9. The van der Waals surface area contributed by atoms with Crippen molar-refractivity contribution in [2.24, 2.45) is 5.92 Å². The number of imidazole rings is 1. The summed E-state index contributed by atoms with van der Waals surface area (Å²) in [5, 5.41) is 0.